The molecular formula is C14H13ClN2OS. The van der Waals surface area contributed by atoms with Crippen LogP contribution in [0.3, 0.4) is 0 Å². The molecule has 1 aromatic carbocycles. The SMILES string of the molecule is O=C(Cc1csc(-c2ccccc2Cl)n1)NC1CC1. The molecule has 0 radical (unpaired) electrons. The highest BCUT2D eigenvalue weighted by atomic mass is 35.5. The highest BCUT2D eigenvalue weighted by molar-refractivity contribution is 7.13. The monoisotopic (exact) mass is 292 g/mol. The van der Waals surface area contributed by atoms with Crippen LogP contribution in [-0.4, -0.2) is 16.9 Å². The quantitative estimate of drug-likeness (QED) is 0.939. The number of carbonyl (C=O) groups excluding carboxylic acids is 1. The molecule has 1 saturated carbocycles. The Balaban J connectivity index is 1.72. The topological polar surface area (TPSA) is 42.0 Å². The Morgan fingerprint density at radius 2 is 2.21 bits per heavy atom. The molecule has 2 aromatic rings. The van der Waals surface area contributed by atoms with Crippen LogP contribution in [0.5, 0.6) is 0 Å². The van der Waals surface area contributed by atoms with Gasteiger partial charge < -0.3 is 5.32 Å². The fraction of sp³-hybridized carbons (Fsp3) is 0.286. The van der Waals surface area contributed by atoms with Gasteiger partial charge in [0.1, 0.15) is 5.01 Å². The zero-order chi connectivity index (χ0) is 13.2. The van der Waals surface area contributed by atoms with Gasteiger partial charge in [-0.3, -0.25) is 4.79 Å². The van der Waals surface area contributed by atoms with Crippen LogP contribution in [0.25, 0.3) is 10.6 Å². The summed E-state index contributed by atoms with van der Waals surface area (Å²) in [6.45, 7) is 0. The lowest BCUT2D eigenvalue weighted by Gasteiger charge is -2.00. The predicted molar refractivity (Wildman–Crippen MR) is 77.4 cm³/mol. The van der Waals surface area contributed by atoms with Crippen molar-refractivity contribution in [3.63, 3.8) is 0 Å². The van der Waals surface area contributed by atoms with Gasteiger partial charge in [-0.25, -0.2) is 4.98 Å². The zero-order valence-corrected chi connectivity index (χ0v) is 11.8. The lowest BCUT2D eigenvalue weighted by Crippen LogP contribution is -2.27. The molecule has 1 N–H and O–H groups in total. The maximum Gasteiger partial charge on any atom is 0.226 e. The van der Waals surface area contributed by atoms with Crippen molar-refractivity contribution in [3.8, 4) is 10.6 Å². The third-order valence-electron chi connectivity index (χ3n) is 2.94. The maximum absolute atomic E-state index is 11.7. The molecule has 19 heavy (non-hydrogen) atoms. The number of rotatable bonds is 4. The van der Waals surface area contributed by atoms with Gasteiger partial charge in [0.25, 0.3) is 0 Å². The van der Waals surface area contributed by atoms with E-state index in [2.05, 4.69) is 10.3 Å². The van der Waals surface area contributed by atoms with Gasteiger partial charge in [0.05, 0.1) is 17.1 Å². The van der Waals surface area contributed by atoms with Gasteiger partial charge in [-0.1, -0.05) is 29.8 Å². The smallest absolute Gasteiger partial charge is 0.226 e. The minimum atomic E-state index is 0.0542. The van der Waals surface area contributed by atoms with Crippen molar-refractivity contribution >= 4 is 28.8 Å². The van der Waals surface area contributed by atoms with Crippen LogP contribution in [0.4, 0.5) is 0 Å². The normalized spacial score (nSPS) is 14.4. The van der Waals surface area contributed by atoms with E-state index < -0.39 is 0 Å². The highest BCUT2D eigenvalue weighted by Crippen LogP contribution is 2.30. The van der Waals surface area contributed by atoms with Gasteiger partial charge >= 0.3 is 0 Å². The average molecular weight is 293 g/mol. The first kappa shape index (κ1) is 12.6. The number of benzene rings is 1. The van der Waals surface area contributed by atoms with Crippen LogP contribution in [0.1, 0.15) is 18.5 Å². The van der Waals surface area contributed by atoms with Gasteiger partial charge in [-0.05, 0) is 18.9 Å². The second kappa shape index (κ2) is 5.31. The van der Waals surface area contributed by atoms with Crippen molar-refractivity contribution < 1.29 is 4.79 Å². The number of thiazole rings is 1. The van der Waals surface area contributed by atoms with Crippen LogP contribution in [0.15, 0.2) is 29.6 Å². The summed E-state index contributed by atoms with van der Waals surface area (Å²) < 4.78 is 0. The van der Waals surface area contributed by atoms with E-state index in [-0.39, 0.29) is 5.91 Å². The van der Waals surface area contributed by atoms with E-state index in [1.807, 2.05) is 29.6 Å². The molecule has 0 bridgehead atoms. The standard InChI is InChI=1S/C14H13ClN2OS/c15-12-4-2-1-3-11(12)14-17-10(8-19-14)7-13(18)16-9-5-6-9/h1-4,8-9H,5-7H2,(H,16,18). The minimum absolute atomic E-state index is 0.0542. The number of hydrogen-bond acceptors (Lipinski definition) is 3. The number of aromatic nitrogens is 1. The van der Waals surface area contributed by atoms with Gasteiger partial charge in [0, 0.05) is 17.0 Å². The van der Waals surface area contributed by atoms with Crippen molar-refractivity contribution in [1.29, 1.82) is 0 Å². The molecule has 5 heteroatoms. The first-order valence-electron chi connectivity index (χ1n) is 6.21. The van der Waals surface area contributed by atoms with E-state index in [0.29, 0.717) is 17.5 Å². The summed E-state index contributed by atoms with van der Waals surface area (Å²) in [4.78, 5) is 16.2. The van der Waals surface area contributed by atoms with Crippen molar-refractivity contribution in [2.24, 2.45) is 0 Å². The van der Waals surface area contributed by atoms with Crippen LogP contribution in [-0.2, 0) is 11.2 Å². The number of carbonyl (C=O) groups is 1. The molecule has 1 aliphatic rings. The lowest BCUT2D eigenvalue weighted by atomic mass is 10.2. The van der Waals surface area contributed by atoms with Crippen molar-refractivity contribution in [3.05, 3.63) is 40.4 Å². The maximum atomic E-state index is 11.7. The molecule has 1 heterocycles. The van der Waals surface area contributed by atoms with E-state index in [9.17, 15) is 4.79 Å². The molecule has 3 rings (SSSR count). The van der Waals surface area contributed by atoms with Crippen LogP contribution in [0.2, 0.25) is 5.02 Å². The Morgan fingerprint density at radius 1 is 1.42 bits per heavy atom. The van der Waals surface area contributed by atoms with Crippen LogP contribution >= 0.6 is 22.9 Å². The Kier molecular flexibility index (Phi) is 3.53. The first-order chi connectivity index (χ1) is 9.22. The van der Waals surface area contributed by atoms with E-state index in [4.69, 9.17) is 11.6 Å². The molecule has 1 aliphatic carbocycles. The lowest BCUT2D eigenvalue weighted by molar-refractivity contribution is -0.120. The molecule has 98 valence electrons. The average Bonchev–Trinajstić information content (AvgIpc) is 3.07. The van der Waals surface area contributed by atoms with Crippen molar-refractivity contribution in [1.82, 2.24) is 10.3 Å². The summed E-state index contributed by atoms with van der Waals surface area (Å²) in [6.07, 6.45) is 2.55. The van der Waals surface area contributed by atoms with Crippen LogP contribution in [0, 0.1) is 0 Å². The molecule has 0 unspecified atom stereocenters. The van der Waals surface area contributed by atoms with E-state index in [1.54, 1.807) is 0 Å². The van der Waals surface area contributed by atoms with Crippen molar-refractivity contribution in [2.45, 2.75) is 25.3 Å². The number of amides is 1. The third-order valence-corrected chi connectivity index (χ3v) is 4.19. The Hall–Kier alpha value is -1.39. The number of halogens is 1. The Bertz CT molecular complexity index is 607. The zero-order valence-electron chi connectivity index (χ0n) is 10.2. The van der Waals surface area contributed by atoms with Gasteiger partial charge in [0.2, 0.25) is 5.91 Å². The molecule has 3 nitrogen and oxygen atoms in total. The summed E-state index contributed by atoms with van der Waals surface area (Å²) in [5.41, 5.74) is 1.72. The largest absolute Gasteiger partial charge is 0.353 e. The predicted octanol–water partition coefficient (Wildman–Crippen LogP) is 3.28. The number of hydrogen-bond donors (Lipinski definition) is 1. The summed E-state index contributed by atoms with van der Waals surface area (Å²) in [5, 5.41) is 6.43. The molecule has 1 amide bonds. The molecule has 0 atom stereocenters. The minimum Gasteiger partial charge on any atom is -0.353 e. The highest BCUT2D eigenvalue weighted by Gasteiger charge is 2.23. The van der Waals surface area contributed by atoms with Gasteiger partial charge in [-0.15, -0.1) is 11.3 Å². The number of nitrogens with zero attached hydrogens (tertiary/aromatic N) is 1. The van der Waals surface area contributed by atoms with Crippen molar-refractivity contribution in [2.75, 3.05) is 0 Å². The molecule has 1 fully saturated rings. The number of nitrogens with one attached hydrogen (secondary N) is 1. The molecule has 0 saturated heterocycles. The molecule has 0 spiro atoms. The van der Waals surface area contributed by atoms with Gasteiger partial charge in [-0.2, -0.15) is 0 Å². The van der Waals surface area contributed by atoms with E-state index >= 15 is 0 Å². The third kappa shape index (κ3) is 3.14. The summed E-state index contributed by atoms with van der Waals surface area (Å²) in [5.74, 6) is 0.0542. The van der Waals surface area contributed by atoms with E-state index in [1.165, 1.54) is 11.3 Å². The summed E-state index contributed by atoms with van der Waals surface area (Å²) in [7, 11) is 0. The Labute approximate surface area is 120 Å². The summed E-state index contributed by atoms with van der Waals surface area (Å²) >= 11 is 7.66. The fourth-order valence-corrected chi connectivity index (χ4v) is 2.96. The molecule has 1 aromatic heterocycles. The first-order valence-corrected chi connectivity index (χ1v) is 7.47. The van der Waals surface area contributed by atoms with Gasteiger partial charge in [0.15, 0.2) is 0 Å². The van der Waals surface area contributed by atoms with E-state index in [0.717, 1.165) is 29.1 Å². The second-order valence-corrected chi connectivity index (χ2v) is 5.91. The summed E-state index contributed by atoms with van der Waals surface area (Å²) in [6, 6.07) is 8.01. The molecular weight excluding hydrogens is 280 g/mol. The van der Waals surface area contributed by atoms with Crippen LogP contribution < -0.4 is 5.32 Å². The Morgan fingerprint density at radius 3 is 2.95 bits per heavy atom. The fourth-order valence-electron chi connectivity index (χ4n) is 1.82. The second-order valence-electron chi connectivity index (χ2n) is 4.64. The molecule has 0 aliphatic heterocycles.